The van der Waals surface area contributed by atoms with Gasteiger partial charge in [0.15, 0.2) is 0 Å². The van der Waals surface area contributed by atoms with Gasteiger partial charge in [0.1, 0.15) is 18.0 Å². The first kappa shape index (κ1) is 24.0. The quantitative estimate of drug-likeness (QED) is 0.726. The number of urea groups is 1. The lowest BCUT2D eigenvalue weighted by atomic mass is 9.96. The number of piperazine rings is 1. The molecular formula is C23H34FN5O3. The molecular weight excluding hydrogens is 413 g/mol. The molecule has 4 amide bonds. The predicted molar refractivity (Wildman–Crippen MR) is 118 cm³/mol. The molecule has 3 rings (SSSR count). The summed E-state index contributed by atoms with van der Waals surface area (Å²) < 4.78 is 13.2. The fourth-order valence-electron chi connectivity index (χ4n) is 4.45. The lowest BCUT2D eigenvalue weighted by Crippen LogP contribution is -2.76. The molecule has 2 heterocycles. The molecule has 8 nitrogen and oxygen atoms in total. The normalized spacial score (nSPS) is 22.1. The van der Waals surface area contributed by atoms with Crippen LogP contribution in [0.25, 0.3) is 0 Å². The van der Waals surface area contributed by atoms with Crippen LogP contribution < -0.4 is 5.32 Å². The van der Waals surface area contributed by atoms with Crippen LogP contribution >= 0.6 is 0 Å². The molecule has 0 aliphatic carbocycles. The summed E-state index contributed by atoms with van der Waals surface area (Å²) in [7, 11) is 1.70. The number of carbonyl (C=O) groups is 3. The standard InChI is InChI=1S/C23H34FN5O3/c1-15(2)10-19-22(31)27(12-16(3)4)13-20-28(19)21(30)14-26(5)29(20)23(32)25-11-17-6-8-18(24)9-7-17/h6-9,15-16,19-20H,10-14H2,1-5H3,(H,25,32)/t19-,20-/m0/s1. The van der Waals surface area contributed by atoms with Crippen LogP contribution in [-0.4, -0.2) is 76.6 Å². The van der Waals surface area contributed by atoms with E-state index >= 15 is 0 Å². The van der Waals surface area contributed by atoms with Gasteiger partial charge < -0.3 is 15.1 Å². The molecule has 2 fully saturated rings. The summed E-state index contributed by atoms with van der Waals surface area (Å²) in [6.45, 7) is 9.23. The van der Waals surface area contributed by atoms with E-state index in [1.165, 1.54) is 17.1 Å². The Labute approximate surface area is 189 Å². The minimum atomic E-state index is -0.582. The molecule has 2 atom stereocenters. The van der Waals surface area contributed by atoms with Crippen molar-refractivity contribution in [3.63, 3.8) is 0 Å². The predicted octanol–water partition coefficient (Wildman–Crippen LogP) is 2.27. The van der Waals surface area contributed by atoms with Crippen molar-refractivity contribution >= 4 is 17.8 Å². The highest BCUT2D eigenvalue weighted by molar-refractivity contribution is 5.91. The largest absolute Gasteiger partial charge is 0.337 e. The van der Waals surface area contributed by atoms with Crippen molar-refractivity contribution < 1.29 is 18.8 Å². The van der Waals surface area contributed by atoms with Gasteiger partial charge in [0.05, 0.1) is 13.1 Å². The fourth-order valence-corrected chi connectivity index (χ4v) is 4.45. The van der Waals surface area contributed by atoms with Crippen LogP contribution in [0, 0.1) is 17.7 Å². The van der Waals surface area contributed by atoms with Crippen molar-refractivity contribution in [3.8, 4) is 0 Å². The summed E-state index contributed by atoms with van der Waals surface area (Å²) in [6, 6.07) is 4.99. The third-order valence-corrected chi connectivity index (χ3v) is 5.78. The van der Waals surface area contributed by atoms with E-state index in [-0.39, 0.29) is 55.1 Å². The van der Waals surface area contributed by atoms with Crippen molar-refractivity contribution in [2.24, 2.45) is 11.8 Å². The van der Waals surface area contributed by atoms with Crippen LogP contribution in [0.15, 0.2) is 24.3 Å². The van der Waals surface area contributed by atoms with Gasteiger partial charge in [-0.2, -0.15) is 0 Å². The molecule has 2 aliphatic rings. The highest BCUT2D eigenvalue weighted by Gasteiger charge is 2.50. The molecule has 1 aromatic carbocycles. The van der Waals surface area contributed by atoms with Gasteiger partial charge in [0.2, 0.25) is 11.8 Å². The Morgan fingerprint density at radius 2 is 1.78 bits per heavy atom. The highest BCUT2D eigenvalue weighted by atomic mass is 19.1. The first-order chi connectivity index (χ1) is 15.1. The SMILES string of the molecule is CC(C)C[C@H]1C(=O)N(CC(C)C)C[C@H]2N1C(=O)CN(C)N2C(=O)NCc1ccc(F)cc1. The Morgan fingerprint density at radius 1 is 1.12 bits per heavy atom. The van der Waals surface area contributed by atoms with Gasteiger partial charge in [-0.25, -0.2) is 19.2 Å². The van der Waals surface area contributed by atoms with E-state index in [9.17, 15) is 18.8 Å². The number of carbonyl (C=O) groups excluding carboxylic acids is 3. The van der Waals surface area contributed by atoms with E-state index in [1.54, 1.807) is 34.0 Å². The molecule has 0 unspecified atom stereocenters. The van der Waals surface area contributed by atoms with Crippen molar-refractivity contribution in [2.45, 2.75) is 52.9 Å². The van der Waals surface area contributed by atoms with E-state index in [2.05, 4.69) is 5.32 Å². The monoisotopic (exact) mass is 447 g/mol. The van der Waals surface area contributed by atoms with Crippen LogP contribution in [0.5, 0.6) is 0 Å². The Kier molecular flexibility index (Phi) is 7.38. The minimum Gasteiger partial charge on any atom is -0.337 e. The molecule has 0 radical (unpaired) electrons. The molecule has 32 heavy (non-hydrogen) atoms. The van der Waals surface area contributed by atoms with Crippen molar-refractivity contribution in [2.75, 3.05) is 26.7 Å². The van der Waals surface area contributed by atoms with Gasteiger partial charge in [0.25, 0.3) is 0 Å². The Balaban J connectivity index is 1.85. The zero-order chi connectivity index (χ0) is 23.6. The summed E-state index contributed by atoms with van der Waals surface area (Å²) in [5.74, 6) is -0.0467. The number of hydrogen-bond donors (Lipinski definition) is 1. The first-order valence-corrected chi connectivity index (χ1v) is 11.2. The Hall–Kier alpha value is -2.68. The number of rotatable bonds is 6. The maximum absolute atomic E-state index is 13.3. The number of halogens is 1. The number of nitrogens with one attached hydrogen (secondary N) is 1. The van der Waals surface area contributed by atoms with Crippen LogP contribution in [0.1, 0.15) is 39.7 Å². The summed E-state index contributed by atoms with van der Waals surface area (Å²) in [5, 5.41) is 6.02. The van der Waals surface area contributed by atoms with Gasteiger partial charge in [0, 0.05) is 20.1 Å². The molecule has 176 valence electrons. The van der Waals surface area contributed by atoms with Crippen LogP contribution in [0.2, 0.25) is 0 Å². The topological polar surface area (TPSA) is 76.2 Å². The average Bonchev–Trinajstić information content (AvgIpc) is 2.69. The second-order valence-electron chi connectivity index (χ2n) is 9.51. The molecule has 2 saturated heterocycles. The lowest BCUT2D eigenvalue weighted by molar-refractivity contribution is -0.188. The molecule has 0 bridgehead atoms. The summed E-state index contributed by atoms with van der Waals surface area (Å²) in [6.07, 6.45) is -0.0283. The first-order valence-electron chi connectivity index (χ1n) is 11.2. The molecule has 1 N–H and O–H groups in total. The zero-order valence-corrected chi connectivity index (χ0v) is 19.5. The number of nitrogens with zero attached hydrogens (tertiary/aromatic N) is 4. The van der Waals surface area contributed by atoms with E-state index < -0.39 is 12.2 Å². The second kappa shape index (κ2) is 9.85. The molecule has 2 aliphatic heterocycles. The van der Waals surface area contributed by atoms with Gasteiger partial charge in [-0.1, -0.05) is 39.8 Å². The maximum atomic E-state index is 13.3. The molecule has 9 heteroatoms. The summed E-state index contributed by atoms with van der Waals surface area (Å²) in [5.41, 5.74) is 0.769. The number of hydrazine groups is 1. The van der Waals surface area contributed by atoms with Crippen LogP contribution in [-0.2, 0) is 16.1 Å². The van der Waals surface area contributed by atoms with E-state index in [0.29, 0.717) is 13.0 Å². The van der Waals surface area contributed by atoms with Gasteiger partial charge >= 0.3 is 6.03 Å². The van der Waals surface area contributed by atoms with Gasteiger partial charge in [-0.3, -0.25) is 9.59 Å². The number of likely N-dealkylation sites (N-methyl/N-ethyl adjacent to an activating group) is 1. The summed E-state index contributed by atoms with van der Waals surface area (Å²) >= 11 is 0. The van der Waals surface area contributed by atoms with Crippen molar-refractivity contribution in [1.82, 2.24) is 25.1 Å². The zero-order valence-electron chi connectivity index (χ0n) is 19.5. The molecule has 0 saturated carbocycles. The lowest BCUT2D eigenvalue weighted by Gasteiger charge is -2.55. The highest BCUT2D eigenvalue weighted by Crippen LogP contribution is 2.29. The Bertz CT molecular complexity index is 845. The number of hydrogen-bond acceptors (Lipinski definition) is 4. The maximum Gasteiger partial charge on any atom is 0.334 e. The van der Waals surface area contributed by atoms with Crippen molar-refractivity contribution in [3.05, 3.63) is 35.6 Å². The smallest absolute Gasteiger partial charge is 0.334 e. The summed E-state index contributed by atoms with van der Waals surface area (Å²) in [4.78, 5) is 42.9. The number of amides is 4. The average molecular weight is 448 g/mol. The fraction of sp³-hybridized carbons (Fsp3) is 0.609. The number of fused-ring (bicyclic) bond motifs is 1. The third-order valence-electron chi connectivity index (χ3n) is 5.78. The minimum absolute atomic E-state index is 0.0204. The van der Waals surface area contributed by atoms with Gasteiger partial charge in [-0.15, -0.1) is 0 Å². The van der Waals surface area contributed by atoms with E-state index in [1.807, 2.05) is 27.7 Å². The van der Waals surface area contributed by atoms with Crippen molar-refractivity contribution in [1.29, 1.82) is 0 Å². The number of benzene rings is 1. The van der Waals surface area contributed by atoms with Crippen LogP contribution in [0.4, 0.5) is 9.18 Å². The van der Waals surface area contributed by atoms with Gasteiger partial charge in [-0.05, 0) is 36.0 Å². The van der Waals surface area contributed by atoms with E-state index in [0.717, 1.165) is 5.56 Å². The third kappa shape index (κ3) is 5.20. The molecule has 0 aromatic heterocycles. The second-order valence-corrected chi connectivity index (χ2v) is 9.51. The molecule has 0 spiro atoms. The Morgan fingerprint density at radius 3 is 2.38 bits per heavy atom. The van der Waals surface area contributed by atoms with E-state index in [4.69, 9.17) is 0 Å². The molecule has 1 aromatic rings. The van der Waals surface area contributed by atoms with Crippen LogP contribution in [0.3, 0.4) is 0 Å².